The lowest BCUT2D eigenvalue weighted by molar-refractivity contribution is 1.45. The first-order valence-electron chi connectivity index (χ1n) is 11.1. The van der Waals surface area contributed by atoms with E-state index in [4.69, 9.17) is 0 Å². The third-order valence-corrected chi connectivity index (χ3v) is 5.90. The second-order valence-electron chi connectivity index (χ2n) is 8.49. The van der Waals surface area contributed by atoms with Crippen LogP contribution in [-0.2, 0) is 0 Å². The molecule has 0 nitrogen and oxygen atoms in total. The second-order valence-corrected chi connectivity index (χ2v) is 8.49. The largest absolute Gasteiger partial charge is 0.0622 e. The number of rotatable bonds is 4. The number of hydrogen-bond donors (Lipinski definition) is 0. The van der Waals surface area contributed by atoms with Crippen molar-refractivity contribution in [3.8, 4) is 44.5 Å². The molecule has 0 heterocycles. The molecule has 0 heteroatoms. The van der Waals surface area contributed by atoms with Crippen molar-refractivity contribution < 1.29 is 0 Å². The minimum absolute atomic E-state index is 1.24. The molecule has 0 unspecified atom stereocenters. The molecule has 0 saturated heterocycles. The molecular formula is C32H26. The van der Waals surface area contributed by atoms with E-state index in [1.54, 1.807) is 0 Å². The summed E-state index contributed by atoms with van der Waals surface area (Å²) in [6.45, 7) is 4.35. The second kappa shape index (κ2) is 8.69. The van der Waals surface area contributed by atoms with Crippen LogP contribution in [0.2, 0.25) is 0 Å². The molecule has 0 radical (unpaired) electrons. The fraction of sp³-hybridized carbons (Fsp3) is 0.0625. The van der Waals surface area contributed by atoms with Crippen molar-refractivity contribution in [2.24, 2.45) is 0 Å². The van der Waals surface area contributed by atoms with E-state index in [0.29, 0.717) is 0 Å². The Labute approximate surface area is 190 Å². The van der Waals surface area contributed by atoms with Crippen LogP contribution >= 0.6 is 0 Å². The van der Waals surface area contributed by atoms with Crippen LogP contribution in [0.1, 0.15) is 11.1 Å². The maximum absolute atomic E-state index is 2.31. The van der Waals surface area contributed by atoms with Crippen LogP contribution < -0.4 is 0 Å². The van der Waals surface area contributed by atoms with Crippen molar-refractivity contribution in [3.63, 3.8) is 0 Å². The summed E-state index contributed by atoms with van der Waals surface area (Å²) >= 11 is 0. The van der Waals surface area contributed by atoms with Gasteiger partial charge in [0, 0.05) is 0 Å². The fourth-order valence-electron chi connectivity index (χ4n) is 4.37. The van der Waals surface area contributed by atoms with E-state index in [1.807, 2.05) is 0 Å². The molecule has 5 rings (SSSR count). The first-order valence-corrected chi connectivity index (χ1v) is 11.1. The zero-order valence-corrected chi connectivity index (χ0v) is 18.5. The highest BCUT2D eigenvalue weighted by Crippen LogP contribution is 2.33. The van der Waals surface area contributed by atoms with E-state index in [2.05, 4.69) is 135 Å². The van der Waals surface area contributed by atoms with Crippen molar-refractivity contribution in [2.75, 3.05) is 0 Å². The third-order valence-electron chi connectivity index (χ3n) is 5.90. The van der Waals surface area contributed by atoms with Gasteiger partial charge in [0.25, 0.3) is 0 Å². The van der Waals surface area contributed by atoms with Crippen LogP contribution in [0.5, 0.6) is 0 Å². The van der Waals surface area contributed by atoms with Crippen LogP contribution in [0.25, 0.3) is 44.5 Å². The Morgan fingerprint density at radius 1 is 0.281 bits per heavy atom. The molecule has 0 amide bonds. The van der Waals surface area contributed by atoms with Gasteiger partial charge >= 0.3 is 0 Å². The summed E-state index contributed by atoms with van der Waals surface area (Å²) in [4.78, 5) is 0. The molecule has 32 heavy (non-hydrogen) atoms. The molecule has 0 spiro atoms. The minimum atomic E-state index is 1.24. The van der Waals surface area contributed by atoms with Gasteiger partial charge in [0.05, 0.1) is 0 Å². The lowest BCUT2D eigenvalue weighted by Gasteiger charge is -2.12. The number of aryl methyl sites for hydroxylation is 2. The van der Waals surface area contributed by atoms with E-state index in [9.17, 15) is 0 Å². The van der Waals surface area contributed by atoms with E-state index >= 15 is 0 Å². The summed E-state index contributed by atoms with van der Waals surface area (Å²) in [6.07, 6.45) is 0. The number of benzene rings is 5. The highest BCUT2D eigenvalue weighted by atomic mass is 14.1. The van der Waals surface area contributed by atoms with Crippen molar-refractivity contribution in [3.05, 3.63) is 132 Å². The van der Waals surface area contributed by atoms with Crippen molar-refractivity contribution in [2.45, 2.75) is 13.8 Å². The van der Waals surface area contributed by atoms with Gasteiger partial charge in [0.2, 0.25) is 0 Å². The average molecular weight is 411 g/mol. The van der Waals surface area contributed by atoms with Crippen LogP contribution in [0, 0.1) is 13.8 Å². The summed E-state index contributed by atoms with van der Waals surface area (Å²) in [5.41, 5.74) is 12.5. The Kier molecular flexibility index (Phi) is 5.44. The molecule has 5 aromatic carbocycles. The molecule has 0 fully saturated rings. The van der Waals surface area contributed by atoms with Crippen LogP contribution in [-0.4, -0.2) is 0 Å². The maximum atomic E-state index is 2.31. The molecule has 0 bridgehead atoms. The van der Waals surface area contributed by atoms with Crippen molar-refractivity contribution >= 4 is 0 Å². The molecule has 5 aromatic rings. The van der Waals surface area contributed by atoms with E-state index in [0.717, 1.165) is 0 Å². The van der Waals surface area contributed by atoms with Crippen molar-refractivity contribution in [1.82, 2.24) is 0 Å². The lowest BCUT2D eigenvalue weighted by Crippen LogP contribution is -1.87. The SMILES string of the molecule is Cc1cc(-c2ccccc2)cc(-c2cccc(-c3cc(C)cc(-c4ccccc4)c3)c2)c1. The molecule has 0 aromatic heterocycles. The van der Waals surface area contributed by atoms with Gasteiger partial charge in [-0.2, -0.15) is 0 Å². The summed E-state index contributed by atoms with van der Waals surface area (Å²) in [6, 6.07) is 43.8. The molecule has 0 N–H and O–H groups in total. The highest BCUT2D eigenvalue weighted by molar-refractivity contribution is 5.79. The maximum Gasteiger partial charge on any atom is -0.0175 e. The normalized spacial score (nSPS) is 10.8. The predicted octanol–water partition coefficient (Wildman–Crippen LogP) is 8.97. The molecular weight excluding hydrogens is 384 g/mol. The molecule has 0 saturated carbocycles. The van der Waals surface area contributed by atoms with Crippen LogP contribution in [0.15, 0.2) is 121 Å². The topological polar surface area (TPSA) is 0 Å². The van der Waals surface area contributed by atoms with Crippen LogP contribution in [0.3, 0.4) is 0 Å². The minimum Gasteiger partial charge on any atom is -0.0622 e. The Hall–Kier alpha value is -3.90. The summed E-state index contributed by atoms with van der Waals surface area (Å²) < 4.78 is 0. The zero-order chi connectivity index (χ0) is 21.9. The first kappa shape index (κ1) is 20.0. The molecule has 0 atom stereocenters. The Balaban J connectivity index is 1.57. The summed E-state index contributed by atoms with van der Waals surface area (Å²) in [5.74, 6) is 0. The standard InChI is InChI=1S/C32H26/c1-23-16-29(25-10-5-3-6-11-25)21-31(18-23)27-14-9-15-28(20-27)32-19-24(2)17-30(22-32)26-12-7-4-8-13-26/h3-22H,1-2H3. The highest BCUT2D eigenvalue weighted by Gasteiger charge is 2.08. The third kappa shape index (κ3) is 4.26. The van der Waals surface area contributed by atoms with E-state index < -0.39 is 0 Å². The summed E-state index contributed by atoms with van der Waals surface area (Å²) in [5, 5.41) is 0. The summed E-state index contributed by atoms with van der Waals surface area (Å²) in [7, 11) is 0. The van der Waals surface area contributed by atoms with Gasteiger partial charge < -0.3 is 0 Å². The smallest absolute Gasteiger partial charge is 0.0175 e. The van der Waals surface area contributed by atoms with Gasteiger partial charge in [0.1, 0.15) is 0 Å². The van der Waals surface area contributed by atoms with Gasteiger partial charge in [-0.3, -0.25) is 0 Å². The van der Waals surface area contributed by atoms with Gasteiger partial charge in [-0.15, -0.1) is 0 Å². The molecule has 0 aliphatic heterocycles. The van der Waals surface area contributed by atoms with Gasteiger partial charge in [0.15, 0.2) is 0 Å². The zero-order valence-electron chi connectivity index (χ0n) is 18.5. The fourth-order valence-corrected chi connectivity index (χ4v) is 4.37. The van der Waals surface area contributed by atoms with E-state index in [1.165, 1.54) is 55.6 Å². The average Bonchev–Trinajstić information content (AvgIpc) is 2.84. The van der Waals surface area contributed by atoms with Crippen molar-refractivity contribution in [1.29, 1.82) is 0 Å². The van der Waals surface area contributed by atoms with Gasteiger partial charge in [-0.25, -0.2) is 0 Å². The van der Waals surface area contributed by atoms with Gasteiger partial charge in [-0.1, -0.05) is 103 Å². The Morgan fingerprint density at radius 3 is 1.00 bits per heavy atom. The predicted molar refractivity (Wildman–Crippen MR) is 138 cm³/mol. The molecule has 0 aliphatic rings. The first-order chi connectivity index (χ1) is 15.7. The molecule has 0 aliphatic carbocycles. The Morgan fingerprint density at radius 2 is 0.594 bits per heavy atom. The van der Waals surface area contributed by atoms with Gasteiger partial charge in [-0.05, 0) is 87.7 Å². The Bertz CT molecular complexity index is 1260. The van der Waals surface area contributed by atoms with Crippen LogP contribution in [0.4, 0.5) is 0 Å². The quantitative estimate of drug-likeness (QED) is 0.277. The number of hydrogen-bond acceptors (Lipinski definition) is 0. The molecule has 154 valence electrons. The monoisotopic (exact) mass is 410 g/mol. The lowest BCUT2D eigenvalue weighted by atomic mass is 9.93. The van der Waals surface area contributed by atoms with E-state index in [-0.39, 0.29) is 0 Å².